The number of anilines is 1. The molecule has 0 aliphatic rings. The third kappa shape index (κ3) is 7.11. The highest BCUT2D eigenvalue weighted by atomic mass is 16.1. The van der Waals surface area contributed by atoms with E-state index in [2.05, 4.69) is 42.4 Å². The van der Waals surface area contributed by atoms with E-state index in [0.29, 0.717) is 18.4 Å². The molecular weight excluding hydrogens is 332 g/mol. The zero-order valence-electron chi connectivity index (χ0n) is 17.1. The zero-order chi connectivity index (χ0) is 20.4. The summed E-state index contributed by atoms with van der Waals surface area (Å²) < 4.78 is 0. The van der Waals surface area contributed by atoms with Crippen LogP contribution in [0.25, 0.3) is 0 Å². The predicted octanol–water partition coefficient (Wildman–Crippen LogP) is 5.56. The Bertz CT molecular complexity index is 832. The van der Waals surface area contributed by atoms with Crippen LogP contribution in [-0.4, -0.2) is 18.7 Å². The van der Waals surface area contributed by atoms with Crippen LogP contribution in [0.5, 0.6) is 0 Å². The molecule has 1 N–H and O–H groups in total. The van der Waals surface area contributed by atoms with Crippen molar-refractivity contribution in [1.82, 2.24) is 0 Å². The molecule has 1 unspecified atom stereocenters. The summed E-state index contributed by atoms with van der Waals surface area (Å²) >= 11 is 0. The lowest BCUT2D eigenvalue weighted by atomic mass is 9.98. The van der Waals surface area contributed by atoms with Crippen LogP contribution in [0.4, 0.5) is 5.69 Å². The third-order valence-electron chi connectivity index (χ3n) is 4.72. The van der Waals surface area contributed by atoms with Gasteiger partial charge in [0.1, 0.15) is 0 Å². The second-order valence-electron chi connectivity index (χ2n) is 6.74. The van der Waals surface area contributed by atoms with Crippen LogP contribution in [0.15, 0.2) is 58.6 Å². The number of amides is 1. The summed E-state index contributed by atoms with van der Waals surface area (Å²) in [4.78, 5) is 16.6. The van der Waals surface area contributed by atoms with E-state index in [-0.39, 0.29) is 11.9 Å². The first-order chi connectivity index (χ1) is 12.8. The van der Waals surface area contributed by atoms with Crippen molar-refractivity contribution in [3.63, 3.8) is 0 Å². The maximum atomic E-state index is 12.4. The molecule has 0 aliphatic heterocycles. The van der Waals surface area contributed by atoms with Gasteiger partial charge in [0.25, 0.3) is 5.91 Å². The van der Waals surface area contributed by atoms with Gasteiger partial charge in [-0.15, -0.1) is 0 Å². The number of nitrogens with one attached hydrogen (secondary N) is 1. The van der Waals surface area contributed by atoms with Crippen molar-refractivity contribution in [2.24, 2.45) is 4.99 Å². The van der Waals surface area contributed by atoms with Crippen molar-refractivity contribution >= 4 is 18.3 Å². The lowest BCUT2D eigenvalue weighted by molar-refractivity contribution is -0.112. The van der Waals surface area contributed by atoms with Gasteiger partial charge < -0.3 is 5.32 Å². The molecule has 0 fully saturated rings. The van der Waals surface area contributed by atoms with Crippen molar-refractivity contribution < 1.29 is 4.79 Å². The maximum Gasteiger partial charge on any atom is 0.250 e. The number of hydrogen-bond acceptors (Lipinski definition) is 2. The predicted molar refractivity (Wildman–Crippen MR) is 117 cm³/mol. The summed E-state index contributed by atoms with van der Waals surface area (Å²) in [7, 11) is 0. The Labute approximate surface area is 164 Å². The molecule has 0 aromatic heterocycles. The van der Waals surface area contributed by atoms with Gasteiger partial charge >= 0.3 is 0 Å². The molecule has 142 valence electrons. The summed E-state index contributed by atoms with van der Waals surface area (Å²) in [5.41, 5.74) is 6.15. The summed E-state index contributed by atoms with van der Waals surface area (Å²) in [6.45, 7) is 17.3. The van der Waals surface area contributed by atoms with E-state index >= 15 is 0 Å². The van der Waals surface area contributed by atoms with Crippen LogP contribution < -0.4 is 5.32 Å². The van der Waals surface area contributed by atoms with Crippen LogP contribution in [0.2, 0.25) is 0 Å². The maximum absolute atomic E-state index is 12.4. The fourth-order valence-electron chi connectivity index (χ4n) is 2.50. The average Bonchev–Trinajstić information content (AvgIpc) is 2.64. The molecular formula is C24H30N2O. The van der Waals surface area contributed by atoms with Gasteiger partial charge in [0.05, 0.1) is 6.04 Å². The largest absolute Gasteiger partial charge is 0.322 e. The molecule has 0 spiro atoms. The summed E-state index contributed by atoms with van der Waals surface area (Å²) in [6.07, 6.45) is 4.82. The molecule has 0 heterocycles. The van der Waals surface area contributed by atoms with Gasteiger partial charge in [-0.05, 0) is 82.7 Å². The van der Waals surface area contributed by atoms with Gasteiger partial charge in [-0.1, -0.05) is 36.1 Å². The second kappa shape index (κ2) is 11.0. The number of allylic oxidation sites excluding steroid dienone is 2. The molecule has 0 saturated heterocycles. The van der Waals surface area contributed by atoms with E-state index in [1.807, 2.05) is 52.0 Å². The number of aliphatic imine (C=N–C) groups is 1. The lowest BCUT2D eigenvalue weighted by Crippen LogP contribution is -2.14. The molecule has 1 rings (SSSR count). The van der Waals surface area contributed by atoms with Crippen LogP contribution in [0.3, 0.4) is 0 Å². The average molecular weight is 363 g/mol. The van der Waals surface area contributed by atoms with Gasteiger partial charge in [0, 0.05) is 17.7 Å². The number of nitrogens with zero attached hydrogens (tertiary/aromatic N) is 1. The SMILES string of the molecule is C=CC#CC/C(C)=C(\C)C(C/C=C(\C)C(=O)Nc1ccc(C)c(C)c1)N=C. The molecule has 0 aliphatic carbocycles. The number of aryl methyl sites for hydroxylation is 2. The van der Waals surface area contributed by atoms with Crippen molar-refractivity contribution in [3.8, 4) is 11.8 Å². The normalized spacial score (nSPS) is 13.0. The fraction of sp³-hybridized carbons (Fsp3) is 0.333. The first-order valence-electron chi connectivity index (χ1n) is 9.06. The Kier molecular flexibility index (Phi) is 9.02. The molecule has 0 radical (unpaired) electrons. The van der Waals surface area contributed by atoms with E-state index in [1.165, 1.54) is 11.1 Å². The molecule has 1 aromatic rings. The lowest BCUT2D eigenvalue weighted by Gasteiger charge is -2.14. The van der Waals surface area contributed by atoms with E-state index in [1.54, 1.807) is 6.08 Å². The summed E-state index contributed by atoms with van der Waals surface area (Å²) in [6, 6.07) is 5.85. The zero-order valence-corrected chi connectivity index (χ0v) is 17.1. The minimum atomic E-state index is -0.101. The van der Waals surface area contributed by atoms with Crippen molar-refractivity contribution in [3.05, 3.63) is 64.8 Å². The Hall–Kier alpha value is -2.86. The highest BCUT2D eigenvalue weighted by Gasteiger charge is 2.11. The highest BCUT2D eigenvalue weighted by molar-refractivity contribution is 6.03. The van der Waals surface area contributed by atoms with Gasteiger partial charge in [-0.3, -0.25) is 9.79 Å². The van der Waals surface area contributed by atoms with Gasteiger partial charge in [-0.25, -0.2) is 0 Å². The van der Waals surface area contributed by atoms with Crippen LogP contribution in [0, 0.1) is 25.7 Å². The fourth-order valence-corrected chi connectivity index (χ4v) is 2.50. The minimum absolute atomic E-state index is 0.0556. The first-order valence-corrected chi connectivity index (χ1v) is 9.06. The van der Waals surface area contributed by atoms with Crippen LogP contribution in [-0.2, 0) is 4.79 Å². The van der Waals surface area contributed by atoms with Crippen molar-refractivity contribution in [2.75, 3.05) is 5.32 Å². The molecule has 3 heteroatoms. The Morgan fingerprint density at radius 1 is 1.26 bits per heavy atom. The van der Waals surface area contributed by atoms with E-state index < -0.39 is 0 Å². The van der Waals surface area contributed by atoms with Crippen molar-refractivity contribution in [1.29, 1.82) is 0 Å². The van der Waals surface area contributed by atoms with Gasteiger partial charge in [0.2, 0.25) is 0 Å². The molecule has 1 atom stereocenters. The van der Waals surface area contributed by atoms with E-state index in [4.69, 9.17) is 0 Å². The third-order valence-corrected chi connectivity index (χ3v) is 4.72. The summed E-state index contributed by atoms with van der Waals surface area (Å²) in [5, 5.41) is 2.94. The Balaban J connectivity index is 2.80. The van der Waals surface area contributed by atoms with E-state index in [0.717, 1.165) is 16.8 Å². The molecule has 0 bridgehead atoms. The number of carbonyl (C=O) groups is 1. The number of hydrogen-bond donors (Lipinski definition) is 1. The topological polar surface area (TPSA) is 41.5 Å². The number of carbonyl (C=O) groups excluding carboxylic acids is 1. The quantitative estimate of drug-likeness (QED) is 0.293. The second-order valence-corrected chi connectivity index (χ2v) is 6.74. The standard InChI is InChI=1S/C24H30N2O/c1-8-9-10-11-18(3)21(6)23(25-7)15-13-19(4)24(27)26-22-14-12-17(2)20(5)16-22/h8,12-14,16,23H,1,7,11,15H2,2-6H3,(H,26,27)/b19-13+,21-18+. The highest BCUT2D eigenvalue weighted by Crippen LogP contribution is 2.19. The molecule has 27 heavy (non-hydrogen) atoms. The molecule has 1 aromatic carbocycles. The molecule has 1 amide bonds. The number of benzene rings is 1. The van der Waals surface area contributed by atoms with Gasteiger partial charge in [-0.2, -0.15) is 0 Å². The van der Waals surface area contributed by atoms with Crippen LogP contribution >= 0.6 is 0 Å². The Morgan fingerprint density at radius 3 is 2.56 bits per heavy atom. The van der Waals surface area contributed by atoms with Gasteiger partial charge in [0.15, 0.2) is 0 Å². The first kappa shape index (κ1) is 22.2. The van der Waals surface area contributed by atoms with Crippen LogP contribution in [0.1, 0.15) is 44.7 Å². The van der Waals surface area contributed by atoms with Crippen molar-refractivity contribution in [2.45, 2.75) is 53.5 Å². The minimum Gasteiger partial charge on any atom is -0.322 e. The molecule has 0 saturated carbocycles. The summed E-state index contributed by atoms with van der Waals surface area (Å²) in [5.74, 6) is 5.80. The number of rotatable bonds is 7. The molecule has 3 nitrogen and oxygen atoms in total. The Morgan fingerprint density at radius 2 is 1.96 bits per heavy atom. The van der Waals surface area contributed by atoms with E-state index in [9.17, 15) is 4.79 Å². The smallest absolute Gasteiger partial charge is 0.250 e. The monoisotopic (exact) mass is 362 g/mol.